The first kappa shape index (κ1) is 18.0. The molecule has 0 unspecified atom stereocenters. The van der Waals surface area contributed by atoms with Gasteiger partial charge in [0.2, 0.25) is 5.91 Å². The molecular weight excluding hydrogens is 376 g/mol. The topological polar surface area (TPSA) is 107 Å². The molecule has 1 amide bonds. The molecule has 7 nitrogen and oxygen atoms in total. The summed E-state index contributed by atoms with van der Waals surface area (Å²) >= 11 is 5.76. The van der Waals surface area contributed by atoms with Gasteiger partial charge in [0.25, 0.3) is 10.0 Å². The number of carbonyl (C=O) groups is 1. The molecule has 0 radical (unpaired) electrons. The number of hydrogen-bond acceptors (Lipinski definition) is 4. The van der Waals surface area contributed by atoms with Crippen LogP contribution in [-0.2, 0) is 21.4 Å². The van der Waals surface area contributed by atoms with Gasteiger partial charge in [-0.25, -0.2) is 4.83 Å². The third-order valence-corrected chi connectivity index (χ3v) is 5.14. The number of nitrogens with zero attached hydrogens (tertiary/aromatic N) is 2. The van der Waals surface area contributed by atoms with E-state index in [4.69, 9.17) is 17.3 Å². The molecule has 0 saturated heterocycles. The van der Waals surface area contributed by atoms with Gasteiger partial charge in [-0.2, -0.15) is 13.5 Å². The van der Waals surface area contributed by atoms with E-state index in [1.807, 2.05) is 24.3 Å². The van der Waals surface area contributed by atoms with Gasteiger partial charge in [0.15, 0.2) is 0 Å². The van der Waals surface area contributed by atoms with E-state index in [1.54, 1.807) is 10.8 Å². The van der Waals surface area contributed by atoms with Gasteiger partial charge in [-0.15, -0.1) is 0 Å². The molecule has 1 heterocycles. The third kappa shape index (κ3) is 3.87. The maximum atomic E-state index is 12.2. The van der Waals surface area contributed by atoms with Crippen LogP contribution < -0.4 is 10.6 Å². The predicted molar refractivity (Wildman–Crippen MR) is 100 cm³/mol. The number of amides is 1. The minimum atomic E-state index is -3.80. The molecule has 0 aliphatic rings. The van der Waals surface area contributed by atoms with E-state index in [9.17, 15) is 13.2 Å². The predicted octanol–water partition coefficient (Wildman–Crippen LogP) is 2.09. The maximum Gasteiger partial charge on any atom is 0.276 e. The maximum absolute atomic E-state index is 12.2. The Bertz CT molecular complexity index is 1090. The lowest BCUT2D eigenvalue weighted by Crippen LogP contribution is -2.18. The van der Waals surface area contributed by atoms with Crippen LogP contribution in [0.25, 0.3) is 10.9 Å². The smallest absolute Gasteiger partial charge is 0.276 e. The summed E-state index contributed by atoms with van der Waals surface area (Å²) in [4.78, 5) is 13.4. The summed E-state index contributed by atoms with van der Waals surface area (Å²) in [5, 5.41) is 5.09. The number of hydrogen-bond donors (Lipinski definition) is 2. The zero-order chi connectivity index (χ0) is 18.7. The van der Waals surface area contributed by atoms with Crippen molar-refractivity contribution < 1.29 is 13.2 Å². The van der Waals surface area contributed by atoms with Crippen LogP contribution in [-0.4, -0.2) is 25.1 Å². The summed E-state index contributed by atoms with van der Waals surface area (Å²) in [7, 11) is -3.80. The molecule has 134 valence electrons. The van der Waals surface area contributed by atoms with E-state index in [0.29, 0.717) is 10.6 Å². The number of fused-ring (bicyclic) bond motifs is 1. The Morgan fingerprint density at radius 2 is 1.88 bits per heavy atom. The molecular formula is C17H15ClN4O3S. The van der Waals surface area contributed by atoms with Crippen molar-refractivity contribution in [2.75, 3.05) is 0 Å². The van der Waals surface area contributed by atoms with Crippen LogP contribution in [0.5, 0.6) is 0 Å². The highest BCUT2D eigenvalue weighted by Gasteiger charge is 2.13. The molecule has 26 heavy (non-hydrogen) atoms. The number of para-hydroxylation sites is 1. The highest BCUT2D eigenvalue weighted by molar-refractivity contribution is 7.89. The average molecular weight is 391 g/mol. The molecule has 2 aromatic carbocycles. The summed E-state index contributed by atoms with van der Waals surface area (Å²) in [6.45, 7) is 0.0187. The molecule has 0 aliphatic carbocycles. The minimum Gasteiger partial charge on any atom is -0.368 e. The molecule has 0 saturated carbocycles. The van der Waals surface area contributed by atoms with E-state index in [-0.39, 0.29) is 11.4 Å². The van der Waals surface area contributed by atoms with Crippen LogP contribution in [0.3, 0.4) is 0 Å². The van der Waals surface area contributed by atoms with Gasteiger partial charge >= 0.3 is 0 Å². The zero-order valence-corrected chi connectivity index (χ0v) is 15.0. The van der Waals surface area contributed by atoms with Gasteiger partial charge in [-0.3, -0.25) is 4.79 Å². The van der Waals surface area contributed by atoms with E-state index < -0.39 is 15.9 Å². The van der Waals surface area contributed by atoms with Gasteiger partial charge in [0.1, 0.15) is 6.54 Å². The Hall–Kier alpha value is -2.84. The molecule has 9 heteroatoms. The molecule has 0 fully saturated rings. The molecule has 0 atom stereocenters. The number of sulfonamides is 1. The lowest BCUT2D eigenvalue weighted by molar-refractivity contribution is -0.118. The first-order valence-corrected chi connectivity index (χ1v) is 9.39. The van der Waals surface area contributed by atoms with Crippen molar-refractivity contribution in [1.29, 1.82) is 0 Å². The van der Waals surface area contributed by atoms with Crippen molar-refractivity contribution in [2.45, 2.75) is 11.4 Å². The Kier molecular flexibility index (Phi) is 4.97. The fourth-order valence-electron chi connectivity index (χ4n) is 2.51. The summed E-state index contributed by atoms with van der Waals surface area (Å²) < 4.78 is 26.1. The zero-order valence-electron chi connectivity index (χ0n) is 13.5. The van der Waals surface area contributed by atoms with Gasteiger partial charge in [-0.1, -0.05) is 29.8 Å². The van der Waals surface area contributed by atoms with Gasteiger partial charge < -0.3 is 10.3 Å². The second kappa shape index (κ2) is 7.19. The molecule has 0 spiro atoms. The van der Waals surface area contributed by atoms with Crippen molar-refractivity contribution in [3.63, 3.8) is 0 Å². The van der Waals surface area contributed by atoms with E-state index in [0.717, 1.165) is 10.9 Å². The standard InChI is InChI=1S/C17H15ClN4O3S/c18-13-5-7-14(8-6-13)26(24,25)21-20-9-12-10-22(11-17(19)23)16-4-2-1-3-15(12)16/h1-10,21H,11H2,(H2,19,23). The van der Waals surface area contributed by atoms with Crippen LogP contribution >= 0.6 is 11.6 Å². The first-order valence-electron chi connectivity index (χ1n) is 7.53. The first-order chi connectivity index (χ1) is 12.4. The highest BCUT2D eigenvalue weighted by atomic mass is 35.5. The van der Waals surface area contributed by atoms with Gasteiger partial charge in [0, 0.05) is 27.7 Å². The van der Waals surface area contributed by atoms with Crippen LogP contribution in [0.1, 0.15) is 5.56 Å². The summed E-state index contributed by atoms with van der Waals surface area (Å²) in [5.74, 6) is -0.474. The number of carbonyl (C=O) groups excluding carboxylic acids is 1. The van der Waals surface area contributed by atoms with Crippen molar-refractivity contribution in [1.82, 2.24) is 9.40 Å². The van der Waals surface area contributed by atoms with Gasteiger partial charge in [0.05, 0.1) is 11.1 Å². The van der Waals surface area contributed by atoms with Crippen molar-refractivity contribution in [2.24, 2.45) is 10.8 Å². The fourth-order valence-corrected chi connectivity index (χ4v) is 3.43. The lowest BCUT2D eigenvalue weighted by atomic mass is 10.2. The van der Waals surface area contributed by atoms with E-state index in [2.05, 4.69) is 9.93 Å². The number of rotatable bonds is 6. The monoisotopic (exact) mass is 390 g/mol. The number of primary amides is 1. The number of nitrogens with one attached hydrogen (secondary N) is 1. The molecule has 1 aromatic heterocycles. The highest BCUT2D eigenvalue weighted by Crippen LogP contribution is 2.20. The fraction of sp³-hybridized carbons (Fsp3) is 0.0588. The molecule has 3 N–H and O–H groups in total. The van der Waals surface area contributed by atoms with Crippen molar-refractivity contribution in [3.8, 4) is 0 Å². The summed E-state index contributed by atoms with van der Waals surface area (Å²) in [5.41, 5.74) is 6.72. The van der Waals surface area contributed by atoms with Crippen molar-refractivity contribution >= 4 is 44.6 Å². The van der Waals surface area contributed by atoms with Gasteiger partial charge in [-0.05, 0) is 30.3 Å². The summed E-state index contributed by atoms with van der Waals surface area (Å²) in [6, 6.07) is 13.1. The SMILES string of the molecule is NC(=O)Cn1cc(C=NNS(=O)(=O)c2ccc(Cl)cc2)c2ccccc21. The molecule has 0 bridgehead atoms. The lowest BCUT2D eigenvalue weighted by Gasteiger charge is -2.02. The van der Waals surface area contributed by atoms with Crippen LogP contribution in [0, 0.1) is 0 Å². The molecule has 3 aromatic rings. The Morgan fingerprint density at radius 3 is 2.58 bits per heavy atom. The average Bonchev–Trinajstić information content (AvgIpc) is 2.93. The Balaban J connectivity index is 1.86. The quantitative estimate of drug-likeness (QED) is 0.497. The largest absolute Gasteiger partial charge is 0.368 e. The van der Waals surface area contributed by atoms with E-state index >= 15 is 0 Å². The van der Waals surface area contributed by atoms with Crippen LogP contribution in [0.4, 0.5) is 0 Å². The second-order valence-corrected chi connectivity index (χ2v) is 7.60. The summed E-state index contributed by atoms with van der Waals surface area (Å²) in [6.07, 6.45) is 3.07. The van der Waals surface area contributed by atoms with Crippen LogP contribution in [0.2, 0.25) is 5.02 Å². The number of nitrogens with two attached hydrogens (primary N) is 1. The second-order valence-electron chi connectivity index (χ2n) is 5.50. The number of aromatic nitrogens is 1. The third-order valence-electron chi connectivity index (χ3n) is 3.65. The van der Waals surface area contributed by atoms with E-state index in [1.165, 1.54) is 30.5 Å². The van der Waals surface area contributed by atoms with Crippen LogP contribution in [0.15, 0.2) is 64.7 Å². The number of hydrazone groups is 1. The Morgan fingerprint density at radius 1 is 1.19 bits per heavy atom. The normalized spacial score (nSPS) is 11.9. The molecule has 3 rings (SSSR count). The number of halogens is 1. The van der Waals surface area contributed by atoms with Crippen molar-refractivity contribution in [3.05, 3.63) is 65.3 Å². The molecule has 0 aliphatic heterocycles. The minimum absolute atomic E-state index is 0.0187. The Labute approximate surface area is 155 Å². The number of benzene rings is 2.